The lowest BCUT2D eigenvalue weighted by Crippen LogP contribution is -2.07. The molecule has 190 valence electrons. The summed E-state index contributed by atoms with van der Waals surface area (Å²) in [6.45, 7) is 0. The average Bonchev–Trinajstić information content (AvgIpc) is 2.87. The Hall–Kier alpha value is -4.25. The van der Waals surface area contributed by atoms with E-state index >= 15 is 0 Å². The van der Waals surface area contributed by atoms with Gasteiger partial charge < -0.3 is 24.1 Å². The Labute approximate surface area is 208 Å². The summed E-state index contributed by atoms with van der Waals surface area (Å²) < 4.78 is 47.5. The number of ether oxygens (including phenoxy) is 4. The van der Waals surface area contributed by atoms with Crippen LogP contribution < -0.4 is 18.9 Å². The number of hydrogen-bond donors (Lipinski definition) is 1. The molecule has 11 heteroatoms. The molecule has 0 aliphatic heterocycles. The van der Waals surface area contributed by atoms with E-state index in [-0.39, 0.29) is 22.1 Å². The highest BCUT2D eigenvalue weighted by molar-refractivity contribution is 7.90. The molecule has 0 saturated heterocycles. The van der Waals surface area contributed by atoms with Crippen LogP contribution in [0.25, 0.3) is 12.2 Å². The fourth-order valence-electron chi connectivity index (χ4n) is 3.53. The lowest BCUT2D eigenvalue weighted by atomic mass is 10.1. The molecule has 0 atom stereocenters. The number of rotatable bonds is 10. The number of hydrogen-bond acceptors (Lipinski definition) is 9. The summed E-state index contributed by atoms with van der Waals surface area (Å²) in [5, 5.41) is 21.4. The van der Waals surface area contributed by atoms with Crippen molar-refractivity contribution in [3.8, 4) is 28.7 Å². The molecule has 1 N–H and O–H groups in total. The molecule has 0 bridgehead atoms. The van der Waals surface area contributed by atoms with Crippen LogP contribution in [-0.4, -0.2) is 46.9 Å². The lowest BCUT2D eigenvalue weighted by molar-refractivity contribution is -0.385. The summed E-state index contributed by atoms with van der Waals surface area (Å²) in [6.07, 6.45) is 3.31. The maximum absolute atomic E-state index is 13.1. The topological polar surface area (TPSA) is 134 Å². The summed E-state index contributed by atoms with van der Waals surface area (Å²) >= 11 is 0. The molecule has 0 saturated carbocycles. The van der Waals surface area contributed by atoms with Gasteiger partial charge in [0.1, 0.15) is 0 Å². The second kappa shape index (κ2) is 11.0. The van der Waals surface area contributed by atoms with Gasteiger partial charge in [-0.2, -0.15) is 0 Å². The maximum atomic E-state index is 13.1. The predicted octanol–water partition coefficient (Wildman–Crippen LogP) is 4.48. The predicted molar refractivity (Wildman–Crippen MR) is 134 cm³/mol. The van der Waals surface area contributed by atoms with Crippen LogP contribution in [0.2, 0.25) is 0 Å². The Balaban J connectivity index is 2.06. The number of methoxy groups -OCH3 is 4. The molecule has 0 aliphatic carbocycles. The van der Waals surface area contributed by atoms with Crippen molar-refractivity contribution in [1.82, 2.24) is 0 Å². The zero-order valence-electron chi connectivity index (χ0n) is 20.0. The van der Waals surface area contributed by atoms with Crippen LogP contribution in [0, 0.1) is 10.1 Å². The van der Waals surface area contributed by atoms with Crippen molar-refractivity contribution in [2.75, 3.05) is 28.4 Å². The van der Waals surface area contributed by atoms with Gasteiger partial charge in [0.25, 0.3) is 5.69 Å². The molecular formula is C25H25NO9S. The highest BCUT2D eigenvalue weighted by atomic mass is 32.2. The summed E-state index contributed by atoms with van der Waals surface area (Å²) in [6, 6.07) is 11.1. The Bertz CT molecular complexity index is 1390. The molecule has 0 aromatic heterocycles. The van der Waals surface area contributed by atoms with Crippen molar-refractivity contribution in [1.29, 1.82) is 0 Å². The molecular weight excluding hydrogens is 490 g/mol. The van der Waals surface area contributed by atoms with E-state index in [0.717, 1.165) is 6.07 Å². The van der Waals surface area contributed by atoms with Crippen molar-refractivity contribution in [2.24, 2.45) is 0 Å². The number of aromatic hydroxyl groups is 1. The molecule has 10 nitrogen and oxygen atoms in total. The Morgan fingerprint density at radius 1 is 0.889 bits per heavy atom. The Morgan fingerprint density at radius 2 is 1.53 bits per heavy atom. The van der Waals surface area contributed by atoms with Crippen LogP contribution >= 0.6 is 0 Å². The van der Waals surface area contributed by atoms with E-state index < -0.39 is 20.5 Å². The van der Waals surface area contributed by atoms with Gasteiger partial charge in [-0.3, -0.25) is 10.1 Å². The Morgan fingerprint density at radius 3 is 2.08 bits per heavy atom. The molecule has 3 aromatic rings. The van der Waals surface area contributed by atoms with Gasteiger partial charge in [0.15, 0.2) is 32.8 Å². The van der Waals surface area contributed by atoms with Crippen LogP contribution in [0.15, 0.2) is 53.4 Å². The lowest BCUT2D eigenvalue weighted by Gasteiger charge is -2.13. The van der Waals surface area contributed by atoms with Crippen LogP contribution in [-0.2, 0) is 15.6 Å². The zero-order valence-corrected chi connectivity index (χ0v) is 20.9. The van der Waals surface area contributed by atoms with Crippen molar-refractivity contribution in [3.63, 3.8) is 0 Å². The maximum Gasteiger partial charge on any atom is 0.270 e. The summed E-state index contributed by atoms with van der Waals surface area (Å²) in [4.78, 5) is 10.2. The fourth-order valence-corrected chi connectivity index (χ4v) is 4.94. The van der Waals surface area contributed by atoms with Crippen molar-refractivity contribution in [3.05, 3.63) is 75.3 Å². The molecule has 0 unspecified atom stereocenters. The minimum Gasteiger partial charge on any atom is -0.504 e. The smallest absolute Gasteiger partial charge is 0.270 e. The first-order valence-electron chi connectivity index (χ1n) is 10.5. The molecule has 3 aromatic carbocycles. The van der Waals surface area contributed by atoms with Gasteiger partial charge in [0.2, 0.25) is 5.75 Å². The number of phenols is 1. The Kier molecular flexibility index (Phi) is 8.05. The standard InChI is InChI=1S/C25H25NO9S/c1-32-22-13-18(15-36(30,31)20-7-5-6-19(14-20)26(28)29)17(12-21(22)27)9-8-16-10-23(33-2)25(35-4)24(11-16)34-3/h5-14,27H,15H2,1-4H3/b9-8-. The molecule has 0 fully saturated rings. The van der Waals surface area contributed by atoms with Crippen molar-refractivity contribution < 1.29 is 37.4 Å². The number of benzene rings is 3. The summed E-state index contributed by atoms with van der Waals surface area (Å²) in [7, 11) is 1.84. The van der Waals surface area contributed by atoms with Gasteiger partial charge in [0.05, 0.1) is 44.0 Å². The van der Waals surface area contributed by atoms with Crippen molar-refractivity contribution >= 4 is 27.7 Å². The number of nitrogens with zero attached hydrogens (tertiary/aromatic N) is 1. The number of nitro groups is 1. The molecule has 3 rings (SSSR count). The number of phenolic OH excluding ortho intramolecular Hbond substituents is 1. The third kappa shape index (κ3) is 5.69. The first-order valence-corrected chi connectivity index (χ1v) is 12.1. The normalized spacial score (nSPS) is 11.3. The quantitative estimate of drug-likeness (QED) is 0.236. The minimum atomic E-state index is -3.98. The van der Waals surface area contributed by atoms with Gasteiger partial charge in [-0.25, -0.2) is 8.42 Å². The van der Waals surface area contributed by atoms with E-state index in [2.05, 4.69) is 0 Å². The SMILES string of the molecule is COc1cc(CS(=O)(=O)c2cccc([N+](=O)[O-])c2)c(/C=C\c2cc(OC)c(OC)c(OC)c2)cc1O. The number of non-ortho nitro benzene ring substituents is 1. The van der Waals surface area contributed by atoms with Crippen LogP contribution in [0.5, 0.6) is 28.7 Å². The van der Waals surface area contributed by atoms with E-state index in [1.807, 2.05) is 0 Å². The molecule has 36 heavy (non-hydrogen) atoms. The van der Waals surface area contributed by atoms with Crippen LogP contribution in [0.4, 0.5) is 5.69 Å². The highest BCUT2D eigenvalue weighted by Gasteiger charge is 2.21. The second-order valence-electron chi connectivity index (χ2n) is 7.53. The molecule has 0 heterocycles. The first kappa shape index (κ1) is 26.4. The number of nitro benzene ring substituents is 1. The van der Waals surface area contributed by atoms with Gasteiger partial charge >= 0.3 is 0 Å². The van der Waals surface area contributed by atoms with E-state index in [4.69, 9.17) is 18.9 Å². The monoisotopic (exact) mass is 515 g/mol. The van der Waals surface area contributed by atoms with Crippen LogP contribution in [0.3, 0.4) is 0 Å². The number of sulfone groups is 1. The van der Waals surface area contributed by atoms with E-state index in [9.17, 15) is 23.6 Å². The summed E-state index contributed by atoms with van der Waals surface area (Å²) in [5.74, 6) is 0.704. The third-order valence-corrected chi connectivity index (χ3v) is 6.98. The molecule has 0 radical (unpaired) electrons. The van der Waals surface area contributed by atoms with Crippen LogP contribution in [0.1, 0.15) is 16.7 Å². The van der Waals surface area contributed by atoms with Crippen molar-refractivity contribution in [2.45, 2.75) is 10.6 Å². The first-order chi connectivity index (χ1) is 17.1. The third-order valence-electron chi connectivity index (χ3n) is 5.32. The average molecular weight is 516 g/mol. The van der Waals surface area contributed by atoms with E-state index in [1.54, 1.807) is 24.3 Å². The van der Waals surface area contributed by atoms with Gasteiger partial charge in [0, 0.05) is 12.1 Å². The fraction of sp³-hybridized carbons (Fsp3) is 0.200. The highest BCUT2D eigenvalue weighted by Crippen LogP contribution is 2.39. The second-order valence-corrected chi connectivity index (χ2v) is 9.52. The van der Waals surface area contributed by atoms with E-state index in [1.165, 1.54) is 58.8 Å². The van der Waals surface area contributed by atoms with Gasteiger partial charge in [-0.15, -0.1) is 0 Å². The molecule has 0 spiro atoms. The molecule has 0 aliphatic rings. The van der Waals surface area contributed by atoms with Gasteiger partial charge in [-0.05, 0) is 47.0 Å². The largest absolute Gasteiger partial charge is 0.504 e. The molecule has 0 amide bonds. The zero-order chi connectivity index (χ0) is 26.5. The summed E-state index contributed by atoms with van der Waals surface area (Å²) in [5.41, 5.74) is 1.05. The van der Waals surface area contributed by atoms with Gasteiger partial charge in [-0.1, -0.05) is 18.2 Å². The minimum absolute atomic E-state index is 0.0872. The van der Waals surface area contributed by atoms with E-state index in [0.29, 0.717) is 33.9 Å².